The first-order valence-corrected chi connectivity index (χ1v) is 8.40. The van der Waals surface area contributed by atoms with Crippen LogP contribution in [0.4, 0.5) is 18.9 Å². The van der Waals surface area contributed by atoms with Crippen LogP contribution in [-0.4, -0.2) is 11.9 Å². The van der Waals surface area contributed by atoms with Crippen molar-refractivity contribution in [2.45, 2.75) is 52.3 Å². The van der Waals surface area contributed by atoms with E-state index in [4.69, 9.17) is 0 Å². The van der Waals surface area contributed by atoms with Gasteiger partial charge in [-0.25, -0.2) is 0 Å². The highest BCUT2D eigenvalue weighted by Crippen LogP contribution is 2.30. The van der Waals surface area contributed by atoms with Gasteiger partial charge in [-0.2, -0.15) is 13.2 Å². The van der Waals surface area contributed by atoms with Gasteiger partial charge in [0.2, 0.25) is 0 Å². The van der Waals surface area contributed by atoms with Gasteiger partial charge in [0, 0.05) is 5.69 Å². The topological polar surface area (TPSA) is 36.4 Å². The number of benzene rings is 1. The molecule has 2 N–H and O–H groups in total. The van der Waals surface area contributed by atoms with Crippen molar-refractivity contribution in [3.8, 4) is 0 Å². The zero-order valence-corrected chi connectivity index (χ0v) is 15.0. The van der Waals surface area contributed by atoms with Crippen molar-refractivity contribution in [2.24, 2.45) is 4.99 Å². The van der Waals surface area contributed by atoms with Gasteiger partial charge >= 0.3 is 6.18 Å². The number of allylic oxidation sites excluding steroid dienone is 1. The number of aliphatic imine (C=N–C) groups is 1. The molecule has 0 aliphatic carbocycles. The number of hydrogen-bond donors (Lipinski definition) is 2. The first-order valence-electron chi connectivity index (χ1n) is 8.40. The third kappa shape index (κ3) is 7.03. The largest absolute Gasteiger partial charge is 0.416 e. The predicted octanol–water partition coefficient (Wildman–Crippen LogP) is 5.73. The van der Waals surface area contributed by atoms with E-state index >= 15 is 0 Å². The summed E-state index contributed by atoms with van der Waals surface area (Å²) in [4.78, 5) is 4.69. The second-order valence-corrected chi connectivity index (χ2v) is 5.65. The van der Waals surface area contributed by atoms with Gasteiger partial charge in [0.15, 0.2) is 0 Å². The SMILES string of the molecule is C=C(Nc1ccc(C(F)(F)F)cc1)C(=NC(CC)CCC)N/C=C\C. The van der Waals surface area contributed by atoms with Crippen LogP contribution in [0.2, 0.25) is 0 Å². The Labute approximate surface area is 147 Å². The number of hydrogen-bond acceptors (Lipinski definition) is 2. The minimum absolute atomic E-state index is 0.170. The Hall–Kier alpha value is -2.24. The van der Waals surface area contributed by atoms with Crippen molar-refractivity contribution in [1.82, 2.24) is 5.32 Å². The zero-order chi connectivity index (χ0) is 18.9. The molecule has 1 unspecified atom stereocenters. The quantitative estimate of drug-likeness (QED) is 0.462. The second kappa shape index (κ2) is 9.91. The van der Waals surface area contributed by atoms with E-state index in [-0.39, 0.29) is 6.04 Å². The summed E-state index contributed by atoms with van der Waals surface area (Å²) in [5.41, 5.74) is 0.350. The fourth-order valence-electron chi connectivity index (χ4n) is 2.22. The lowest BCUT2D eigenvalue weighted by Crippen LogP contribution is -2.26. The molecule has 1 rings (SSSR count). The Morgan fingerprint density at radius 3 is 2.36 bits per heavy atom. The number of halogens is 3. The zero-order valence-electron chi connectivity index (χ0n) is 15.0. The van der Waals surface area contributed by atoms with Gasteiger partial charge in [-0.3, -0.25) is 4.99 Å². The van der Waals surface area contributed by atoms with E-state index < -0.39 is 11.7 Å². The van der Waals surface area contributed by atoms with Gasteiger partial charge < -0.3 is 10.6 Å². The molecule has 1 aromatic carbocycles. The average Bonchev–Trinajstić information content (AvgIpc) is 2.57. The Morgan fingerprint density at radius 1 is 1.24 bits per heavy atom. The van der Waals surface area contributed by atoms with E-state index in [9.17, 15) is 13.2 Å². The molecule has 0 aliphatic rings. The van der Waals surface area contributed by atoms with Gasteiger partial charge in [-0.1, -0.05) is 32.9 Å². The van der Waals surface area contributed by atoms with E-state index in [1.54, 1.807) is 6.20 Å². The Morgan fingerprint density at radius 2 is 1.88 bits per heavy atom. The maximum absolute atomic E-state index is 12.6. The average molecular weight is 353 g/mol. The minimum atomic E-state index is -4.34. The number of rotatable bonds is 8. The number of anilines is 1. The summed E-state index contributed by atoms with van der Waals surface area (Å²) in [6, 6.07) is 5.01. The molecular formula is C19H26F3N3. The lowest BCUT2D eigenvalue weighted by molar-refractivity contribution is -0.137. The lowest BCUT2D eigenvalue weighted by Gasteiger charge is -2.16. The van der Waals surface area contributed by atoms with E-state index in [1.807, 2.05) is 13.0 Å². The number of amidine groups is 1. The Kier molecular flexibility index (Phi) is 8.25. The third-order valence-electron chi connectivity index (χ3n) is 3.58. The fraction of sp³-hybridized carbons (Fsp3) is 0.421. The first-order chi connectivity index (χ1) is 11.8. The van der Waals surface area contributed by atoms with E-state index in [2.05, 4.69) is 36.1 Å². The van der Waals surface area contributed by atoms with Gasteiger partial charge in [0.05, 0.1) is 17.3 Å². The molecule has 0 fully saturated rings. The standard InChI is InChI=1S/C19H26F3N3/c1-5-8-16(7-3)25-18(23-13-6-2)14(4)24-17-11-9-15(10-12-17)19(20,21)22/h6,9-13,16,24H,4-5,7-8H2,1-3H3,(H,23,25)/b13-6-. The highest BCUT2D eigenvalue weighted by atomic mass is 19.4. The summed E-state index contributed by atoms with van der Waals surface area (Å²) in [6.45, 7) is 10.0. The van der Waals surface area contributed by atoms with E-state index in [1.165, 1.54) is 12.1 Å². The van der Waals surface area contributed by atoms with Crippen LogP contribution in [0, 0.1) is 0 Å². The molecule has 0 radical (unpaired) electrons. The first kappa shape index (κ1) is 20.8. The highest BCUT2D eigenvalue weighted by Gasteiger charge is 2.29. The molecule has 0 bridgehead atoms. The van der Waals surface area contributed by atoms with Crippen LogP contribution >= 0.6 is 0 Å². The van der Waals surface area contributed by atoms with Gasteiger partial charge in [0.25, 0.3) is 0 Å². The van der Waals surface area contributed by atoms with Crippen LogP contribution in [0.15, 0.2) is 53.8 Å². The minimum Gasteiger partial charge on any atom is -0.353 e. The smallest absolute Gasteiger partial charge is 0.353 e. The normalized spacial score (nSPS) is 13.8. The van der Waals surface area contributed by atoms with Crippen LogP contribution in [0.1, 0.15) is 45.6 Å². The van der Waals surface area contributed by atoms with E-state index in [0.717, 1.165) is 31.4 Å². The van der Waals surface area contributed by atoms with Crippen LogP contribution in [0.3, 0.4) is 0 Å². The molecule has 0 spiro atoms. The summed E-state index contributed by atoms with van der Waals surface area (Å²) in [7, 11) is 0. The lowest BCUT2D eigenvalue weighted by atomic mass is 10.1. The molecular weight excluding hydrogens is 327 g/mol. The third-order valence-corrected chi connectivity index (χ3v) is 3.58. The molecule has 0 aromatic heterocycles. The molecule has 0 saturated carbocycles. The summed E-state index contributed by atoms with van der Waals surface area (Å²) in [6.07, 6.45) is 2.13. The predicted molar refractivity (Wildman–Crippen MR) is 98.6 cm³/mol. The number of nitrogens with zero attached hydrogens (tertiary/aromatic N) is 1. The molecule has 25 heavy (non-hydrogen) atoms. The number of nitrogens with one attached hydrogen (secondary N) is 2. The number of alkyl halides is 3. The Bertz CT molecular complexity index is 601. The van der Waals surface area contributed by atoms with Gasteiger partial charge in [0.1, 0.15) is 5.84 Å². The maximum Gasteiger partial charge on any atom is 0.416 e. The van der Waals surface area contributed by atoms with Crippen LogP contribution in [0.25, 0.3) is 0 Å². The van der Waals surface area contributed by atoms with Crippen LogP contribution in [-0.2, 0) is 6.18 Å². The Balaban J connectivity index is 2.92. The fourth-order valence-corrected chi connectivity index (χ4v) is 2.22. The summed E-state index contributed by atoms with van der Waals surface area (Å²) < 4.78 is 37.9. The molecule has 138 valence electrons. The van der Waals surface area contributed by atoms with Crippen molar-refractivity contribution in [2.75, 3.05) is 5.32 Å². The highest BCUT2D eigenvalue weighted by molar-refractivity contribution is 6.00. The molecule has 3 nitrogen and oxygen atoms in total. The summed E-state index contributed by atoms with van der Waals surface area (Å²) >= 11 is 0. The molecule has 0 saturated heterocycles. The van der Waals surface area contributed by atoms with Crippen LogP contribution in [0.5, 0.6) is 0 Å². The van der Waals surface area contributed by atoms with Gasteiger partial charge in [-0.15, -0.1) is 0 Å². The van der Waals surface area contributed by atoms with Crippen molar-refractivity contribution < 1.29 is 13.2 Å². The van der Waals surface area contributed by atoms with Crippen LogP contribution < -0.4 is 10.6 Å². The summed E-state index contributed by atoms with van der Waals surface area (Å²) in [5.74, 6) is 0.582. The molecule has 0 amide bonds. The molecule has 1 aromatic rings. The van der Waals surface area contributed by atoms with Crippen molar-refractivity contribution in [1.29, 1.82) is 0 Å². The van der Waals surface area contributed by atoms with Crippen molar-refractivity contribution >= 4 is 11.5 Å². The molecule has 0 aliphatic heterocycles. The monoisotopic (exact) mass is 353 g/mol. The maximum atomic E-state index is 12.6. The van der Waals surface area contributed by atoms with E-state index in [0.29, 0.717) is 17.2 Å². The molecule has 1 atom stereocenters. The second-order valence-electron chi connectivity index (χ2n) is 5.65. The molecule has 6 heteroatoms. The molecule has 0 heterocycles. The summed E-state index contributed by atoms with van der Waals surface area (Å²) in [5, 5.41) is 6.09. The van der Waals surface area contributed by atoms with Gasteiger partial charge in [-0.05, 0) is 50.2 Å². The van der Waals surface area contributed by atoms with Crippen molar-refractivity contribution in [3.05, 3.63) is 54.4 Å². The van der Waals surface area contributed by atoms with Crippen molar-refractivity contribution in [3.63, 3.8) is 0 Å².